The van der Waals surface area contributed by atoms with Gasteiger partial charge >= 0.3 is 0 Å². The lowest BCUT2D eigenvalue weighted by molar-refractivity contribution is -0.385. The molecule has 0 aliphatic heterocycles. The van der Waals surface area contributed by atoms with Gasteiger partial charge in [0, 0.05) is 5.56 Å². The molecule has 1 aromatic rings. The Hall–Kier alpha value is -2.09. The average molecular weight is 206 g/mol. The van der Waals surface area contributed by atoms with Gasteiger partial charge in [0.2, 0.25) is 0 Å². The molecular weight excluding hydrogens is 196 g/mol. The third-order valence-corrected chi connectivity index (χ3v) is 2.11. The molecule has 0 fully saturated rings. The van der Waals surface area contributed by atoms with Gasteiger partial charge in [-0.05, 0) is 18.6 Å². The molecule has 0 bridgehead atoms. The third kappa shape index (κ3) is 2.23. The van der Waals surface area contributed by atoms with E-state index in [2.05, 4.69) is 0 Å². The van der Waals surface area contributed by atoms with Crippen molar-refractivity contribution < 1.29 is 9.66 Å². The second-order valence-corrected chi connectivity index (χ2v) is 3.03. The van der Waals surface area contributed by atoms with E-state index >= 15 is 0 Å². The van der Waals surface area contributed by atoms with Crippen molar-refractivity contribution in [1.82, 2.24) is 0 Å². The summed E-state index contributed by atoms with van der Waals surface area (Å²) in [5.74, 6) is 0.431. The molecule has 0 aliphatic carbocycles. The van der Waals surface area contributed by atoms with Crippen molar-refractivity contribution in [3.05, 3.63) is 33.4 Å². The Balaban J connectivity index is 3.36. The van der Waals surface area contributed by atoms with Crippen LogP contribution in [-0.2, 0) is 6.42 Å². The topological polar surface area (TPSA) is 76.2 Å². The predicted octanol–water partition coefficient (Wildman–Crippen LogP) is 1.98. The van der Waals surface area contributed by atoms with E-state index in [4.69, 9.17) is 10.00 Å². The molecule has 0 N–H and O–H groups in total. The monoisotopic (exact) mass is 206 g/mol. The second-order valence-electron chi connectivity index (χ2n) is 3.03. The fourth-order valence-electron chi connectivity index (χ4n) is 1.36. The lowest BCUT2D eigenvalue weighted by atomic mass is 10.0. The van der Waals surface area contributed by atoms with Gasteiger partial charge in [0.1, 0.15) is 5.75 Å². The number of ether oxygens (including phenoxy) is 1. The van der Waals surface area contributed by atoms with Crippen LogP contribution in [0.3, 0.4) is 0 Å². The van der Waals surface area contributed by atoms with Crippen molar-refractivity contribution in [3.8, 4) is 11.8 Å². The van der Waals surface area contributed by atoms with Gasteiger partial charge < -0.3 is 4.74 Å². The third-order valence-electron chi connectivity index (χ3n) is 2.11. The first-order chi connectivity index (χ1) is 7.10. The van der Waals surface area contributed by atoms with Gasteiger partial charge in [-0.15, -0.1) is 0 Å². The number of aryl methyl sites for hydroxylation is 1. The van der Waals surface area contributed by atoms with E-state index in [0.29, 0.717) is 16.9 Å². The summed E-state index contributed by atoms with van der Waals surface area (Å²) >= 11 is 0. The van der Waals surface area contributed by atoms with Crippen LogP contribution in [0.2, 0.25) is 0 Å². The number of hydrogen-bond donors (Lipinski definition) is 0. The summed E-state index contributed by atoms with van der Waals surface area (Å²) in [6.07, 6.45) is 0.0339. The van der Waals surface area contributed by atoms with Gasteiger partial charge in [-0.1, -0.05) is 0 Å². The van der Waals surface area contributed by atoms with E-state index in [1.807, 2.05) is 6.07 Å². The van der Waals surface area contributed by atoms with Gasteiger partial charge in [-0.2, -0.15) is 5.26 Å². The normalized spacial score (nSPS) is 9.40. The summed E-state index contributed by atoms with van der Waals surface area (Å²) in [6.45, 7) is 1.72. The molecule has 0 aliphatic rings. The Bertz CT molecular complexity index is 435. The number of hydrogen-bond acceptors (Lipinski definition) is 4. The molecule has 0 amide bonds. The lowest BCUT2D eigenvalue weighted by Gasteiger charge is -2.06. The number of nitro benzene ring substituents is 1. The van der Waals surface area contributed by atoms with Crippen molar-refractivity contribution >= 4 is 5.69 Å². The molecular formula is C10H10N2O3. The predicted molar refractivity (Wildman–Crippen MR) is 53.7 cm³/mol. The van der Waals surface area contributed by atoms with Crippen LogP contribution in [0, 0.1) is 28.4 Å². The van der Waals surface area contributed by atoms with Gasteiger partial charge in [-0.3, -0.25) is 10.1 Å². The number of nitriles is 1. The van der Waals surface area contributed by atoms with Crippen LogP contribution in [0.25, 0.3) is 0 Å². The maximum absolute atomic E-state index is 10.8. The van der Waals surface area contributed by atoms with Crippen molar-refractivity contribution in [2.45, 2.75) is 13.3 Å². The van der Waals surface area contributed by atoms with Crippen LogP contribution in [-0.4, -0.2) is 12.0 Å². The van der Waals surface area contributed by atoms with Gasteiger partial charge in [-0.25, -0.2) is 0 Å². The summed E-state index contributed by atoms with van der Waals surface area (Å²) in [5, 5.41) is 19.3. The first kappa shape index (κ1) is 11.0. The molecule has 0 heterocycles. The summed E-state index contributed by atoms with van der Waals surface area (Å²) < 4.78 is 4.93. The first-order valence-corrected chi connectivity index (χ1v) is 4.29. The van der Waals surface area contributed by atoms with Crippen molar-refractivity contribution in [3.63, 3.8) is 0 Å². The van der Waals surface area contributed by atoms with Crippen LogP contribution in [0.1, 0.15) is 11.1 Å². The first-order valence-electron chi connectivity index (χ1n) is 4.29. The number of nitrogens with zero attached hydrogens (tertiary/aromatic N) is 2. The summed E-state index contributed by atoms with van der Waals surface area (Å²) in [7, 11) is 1.45. The highest BCUT2D eigenvalue weighted by Crippen LogP contribution is 2.28. The van der Waals surface area contributed by atoms with Crippen LogP contribution in [0.5, 0.6) is 5.75 Å². The highest BCUT2D eigenvalue weighted by molar-refractivity contribution is 5.51. The average Bonchev–Trinajstić information content (AvgIpc) is 2.20. The molecule has 1 aromatic carbocycles. The van der Waals surface area contributed by atoms with Crippen LogP contribution < -0.4 is 4.74 Å². The second kappa shape index (κ2) is 4.42. The quantitative estimate of drug-likeness (QED) is 0.559. The van der Waals surface area contributed by atoms with Gasteiger partial charge in [0.15, 0.2) is 0 Å². The Morgan fingerprint density at radius 2 is 2.27 bits per heavy atom. The zero-order chi connectivity index (χ0) is 11.4. The maximum atomic E-state index is 10.8. The van der Waals surface area contributed by atoms with E-state index < -0.39 is 4.92 Å². The highest BCUT2D eigenvalue weighted by Gasteiger charge is 2.17. The van der Waals surface area contributed by atoms with Crippen molar-refractivity contribution in [1.29, 1.82) is 5.26 Å². The fraction of sp³-hybridized carbons (Fsp3) is 0.300. The summed E-state index contributed by atoms with van der Waals surface area (Å²) in [5.41, 5.74) is 1.08. The minimum absolute atomic E-state index is 0.0339. The largest absolute Gasteiger partial charge is 0.496 e. The van der Waals surface area contributed by atoms with Gasteiger partial charge in [0.05, 0.1) is 30.6 Å². The molecule has 0 spiro atoms. The lowest BCUT2D eigenvalue weighted by Crippen LogP contribution is -1.99. The summed E-state index contributed by atoms with van der Waals surface area (Å²) in [6, 6.07) is 4.93. The molecule has 0 saturated carbocycles. The molecule has 0 aromatic heterocycles. The molecule has 1 rings (SSSR count). The zero-order valence-electron chi connectivity index (χ0n) is 8.48. The van der Waals surface area contributed by atoms with E-state index in [1.165, 1.54) is 13.2 Å². The van der Waals surface area contributed by atoms with Crippen LogP contribution in [0.4, 0.5) is 5.69 Å². The molecule has 78 valence electrons. The fourth-order valence-corrected chi connectivity index (χ4v) is 1.36. The minimum atomic E-state index is -0.498. The number of methoxy groups -OCH3 is 1. The van der Waals surface area contributed by atoms with E-state index in [1.54, 1.807) is 13.0 Å². The molecule has 0 saturated heterocycles. The summed E-state index contributed by atoms with van der Waals surface area (Å²) in [4.78, 5) is 10.3. The number of rotatable bonds is 3. The van der Waals surface area contributed by atoms with Crippen molar-refractivity contribution in [2.75, 3.05) is 7.11 Å². The Morgan fingerprint density at radius 1 is 1.60 bits per heavy atom. The zero-order valence-corrected chi connectivity index (χ0v) is 8.48. The molecule has 0 radical (unpaired) electrons. The minimum Gasteiger partial charge on any atom is -0.496 e. The Kier molecular flexibility index (Phi) is 3.24. The van der Waals surface area contributed by atoms with Crippen molar-refractivity contribution in [2.24, 2.45) is 0 Å². The molecule has 5 nitrogen and oxygen atoms in total. The number of nitro groups is 1. The van der Waals surface area contributed by atoms with E-state index in [0.717, 1.165) is 0 Å². The van der Waals surface area contributed by atoms with E-state index in [-0.39, 0.29) is 12.1 Å². The van der Waals surface area contributed by atoms with Crippen LogP contribution in [0.15, 0.2) is 12.1 Å². The Morgan fingerprint density at radius 3 is 2.73 bits per heavy atom. The molecule has 5 heteroatoms. The standard InChI is InChI=1S/C10H10N2O3/c1-7-5-8(15-2)6-10(12(13)14)9(7)3-4-11/h5-6H,3H2,1-2H3. The SMILES string of the molecule is COc1cc(C)c(CC#N)c([N+](=O)[O-])c1. The van der Waals surface area contributed by atoms with Gasteiger partial charge in [0.25, 0.3) is 5.69 Å². The highest BCUT2D eigenvalue weighted by atomic mass is 16.6. The van der Waals surface area contributed by atoms with Crippen LogP contribution >= 0.6 is 0 Å². The Labute approximate surface area is 87.1 Å². The molecule has 15 heavy (non-hydrogen) atoms. The molecule has 0 unspecified atom stereocenters. The van der Waals surface area contributed by atoms with E-state index in [9.17, 15) is 10.1 Å². The number of benzene rings is 1. The molecule has 0 atom stereocenters. The maximum Gasteiger partial charge on any atom is 0.277 e. The smallest absolute Gasteiger partial charge is 0.277 e.